The molecular weight excluding hydrogens is 384 g/mol. The van der Waals surface area contributed by atoms with E-state index in [1.165, 1.54) is 19.3 Å². The van der Waals surface area contributed by atoms with Crippen LogP contribution in [0, 0.1) is 0 Å². The van der Waals surface area contributed by atoms with Crippen LogP contribution in [0.5, 0.6) is 0 Å². The number of nitrogens with zero attached hydrogens (tertiary/aromatic N) is 1. The maximum atomic E-state index is 12.8. The molecule has 3 N–H and O–H groups in total. The van der Waals surface area contributed by atoms with Gasteiger partial charge < -0.3 is 10.6 Å². The Balaban J connectivity index is 1.86. The third-order valence-corrected chi connectivity index (χ3v) is 6.69. The highest BCUT2D eigenvalue weighted by atomic mass is 32.2. The predicted octanol–water partition coefficient (Wildman–Crippen LogP) is 4.52. The number of rotatable bonds is 7. The van der Waals surface area contributed by atoms with Crippen LogP contribution in [0.2, 0.25) is 0 Å². The summed E-state index contributed by atoms with van der Waals surface area (Å²) in [5, 5.41) is 7.03. The van der Waals surface area contributed by atoms with Gasteiger partial charge >= 0.3 is 0 Å². The Morgan fingerprint density at radius 3 is 2.34 bits per heavy atom. The number of hydrogen-bond acceptors (Lipinski definition) is 5. The number of pyridine rings is 1. The van der Waals surface area contributed by atoms with Gasteiger partial charge in [0.2, 0.25) is 10.0 Å². The SMILES string of the molecule is CC(C)(C)NS(=O)(=O)c1ccc(NC2CCCCC2)c(NCc2ccncc2)c1. The van der Waals surface area contributed by atoms with E-state index in [0.29, 0.717) is 12.6 Å². The van der Waals surface area contributed by atoms with Crippen LogP contribution >= 0.6 is 0 Å². The number of sulfonamides is 1. The van der Waals surface area contributed by atoms with Crippen LogP contribution in [0.1, 0.15) is 58.4 Å². The van der Waals surface area contributed by atoms with E-state index in [1.807, 2.05) is 39.0 Å². The van der Waals surface area contributed by atoms with Crippen LogP contribution in [0.15, 0.2) is 47.6 Å². The molecule has 158 valence electrons. The Morgan fingerprint density at radius 2 is 1.69 bits per heavy atom. The van der Waals surface area contributed by atoms with E-state index in [-0.39, 0.29) is 4.90 Å². The third-order valence-electron chi connectivity index (χ3n) is 4.94. The van der Waals surface area contributed by atoms with Gasteiger partial charge in [-0.3, -0.25) is 4.98 Å². The topological polar surface area (TPSA) is 83.1 Å². The normalized spacial score (nSPS) is 15.8. The maximum absolute atomic E-state index is 12.8. The highest BCUT2D eigenvalue weighted by Crippen LogP contribution is 2.30. The van der Waals surface area contributed by atoms with Crippen molar-refractivity contribution in [2.24, 2.45) is 0 Å². The molecule has 3 rings (SSSR count). The highest BCUT2D eigenvalue weighted by Gasteiger charge is 2.23. The molecule has 1 saturated carbocycles. The molecule has 0 amide bonds. The predicted molar refractivity (Wildman–Crippen MR) is 119 cm³/mol. The van der Waals surface area contributed by atoms with Gasteiger partial charge in [-0.1, -0.05) is 19.3 Å². The lowest BCUT2D eigenvalue weighted by atomic mass is 9.95. The number of benzene rings is 1. The standard InChI is InChI=1S/C22H32N4O2S/c1-22(2,3)26-29(27,28)19-9-10-20(25-18-7-5-4-6-8-18)21(15-19)24-16-17-11-13-23-14-12-17/h9-15,18,24-26H,4-8,16H2,1-3H3. The second-order valence-electron chi connectivity index (χ2n) is 8.75. The summed E-state index contributed by atoms with van der Waals surface area (Å²) in [4.78, 5) is 4.31. The third kappa shape index (κ3) is 6.44. The van der Waals surface area contributed by atoms with Crippen LogP contribution < -0.4 is 15.4 Å². The molecule has 6 nitrogen and oxygen atoms in total. The van der Waals surface area contributed by atoms with Gasteiger partial charge in [-0.05, 0) is 69.5 Å². The summed E-state index contributed by atoms with van der Waals surface area (Å²) in [6, 6.07) is 9.60. The fourth-order valence-corrected chi connectivity index (χ4v) is 5.03. The summed E-state index contributed by atoms with van der Waals surface area (Å²) in [6.07, 6.45) is 9.57. The molecule has 1 fully saturated rings. The molecule has 29 heavy (non-hydrogen) atoms. The van der Waals surface area contributed by atoms with E-state index in [9.17, 15) is 8.42 Å². The molecule has 0 aliphatic heterocycles. The fraction of sp³-hybridized carbons (Fsp3) is 0.500. The van der Waals surface area contributed by atoms with Gasteiger partial charge in [-0.25, -0.2) is 13.1 Å². The largest absolute Gasteiger partial charge is 0.381 e. The first kappa shape index (κ1) is 21.6. The summed E-state index contributed by atoms with van der Waals surface area (Å²) >= 11 is 0. The zero-order chi connectivity index (χ0) is 20.9. The summed E-state index contributed by atoms with van der Waals surface area (Å²) in [5.74, 6) is 0. The molecule has 1 aromatic heterocycles. The van der Waals surface area contributed by atoms with E-state index in [0.717, 1.165) is 29.8 Å². The van der Waals surface area contributed by atoms with Gasteiger partial charge in [0, 0.05) is 30.5 Å². The van der Waals surface area contributed by atoms with Crippen molar-refractivity contribution < 1.29 is 8.42 Å². The summed E-state index contributed by atoms with van der Waals surface area (Å²) < 4.78 is 28.3. The Kier molecular flexibility index (Phi) is 6.80. The zero-order valence-electron chi connectivity index (χ0n) is 17.5. The monoisotopic (exact) mass is 416 g/mol. The van der Waals surface area contributed by atoms with E-state index >= 15 is 0 Å². The fourth-order valence-electron chi connectivity index (χ4n) is 3.59. The molecule has 1 aromatic carbocycles. The van der Waals surface area contributed by atoms with Gasteiger partial charge in [-0.15, -0.1) is 0 Å². The Bertz CT molecular complexity index is 902. The number of hydrogen-bond donors (Lipinski definition) is 3. The molecule has 0 bridgehead atoms. The van der Waals surface area contributed by atoms with Crippen molar-refractivity contribution in [3.63, 3.8) is 0 Å². The van der Waals surface area contributed by atoms with E-state index in [1.54, 1.807) is 24.5 Å². The summed E-state index contributed by atoms with van der Waals surface area (Å²) in [7, 11) is -3.60. The van der Waals surface area contributed by atoms with E-state index in [2.05, 4.69) is 20.3 Å². The lowest BCUT2D eigenvalue weighted by Crippen LogP contribution is -2.40. The van der Waals surface area contributed by atoms with Gasteiger partial charge in [0.05, 0.1) is 16.3 Å². The molecule has 0 atom stereocenters. The average Bonchev–Trinajstić information content (AvgIpc) is 2.67. The Morgan fingerprint density at radius 1 is 1.00 bits per heavy atom. The second-order valence-corrected chi connectivity index (χ2v) is 10.4. The van der Waals surface area contributed by atoms with Crippen molar-refractivity contribution in [1.29, 1.82) is 0 Å². The second kappa shape index (κ2) is 9.13. The Hall–Kier alpha value is -2.12. The molecule has 0 unspecified atom stereocenters. The first-order valence-electron chi connectivity index (χ1n) is 10.3. The summed E-state index contributed by atoms with van der Waals surface area (Å²) in [6.45, 7) is 6.11. The molecule has 0 saturated heterocycles. The van der Waals surface area contributed by atoms with E-state index in [4.69, 9.17) is 0 Å². The highest BCUT2D eigenvalue weighted by molar-refractivity contribution is 7.89. The van der Waals surface area contributed by atoms with Crippen molar-refractivity contribution in [3.8, 4) is 0 Å². The molecule has 7 heteroatoms. The molecule has 0 radical (unpaired) electrons. The minimum Gasteiger partial charge on any atom is -0.381 e. The van der Waals surface area contributed by atoms with Crippen LogP contribution in [-0.4, -0.2) is 25.0 Å². The van der Waals surface area contributed by atoms with Gasteiger partial charge in [0.1, 0.15) is 0 Å². The van der Waals surface area contributed by atoms with Crippen molar-refractivity contribution in [2.75, 3.05) is 10.6 Å². The minimum atomic E-state index is -3.60. The smallest absolute Gasteiger partial charge is 0.241 e. The maximum Gasteiger partial charge on any atom is 0.241 e. The number of aromatic nitrogens is 1. The van der Waals surface area contributed by atoms with Gasteiger partial charge in [0.15, 0.2) is 0 Å². The number of nitrogens with one attached hydrogen (secondary N) is 3. The van der Waals surface area contributed by atoms with Crippen molar-refractivity contribution in [1.82, 2.24) is 9.71 Å². The lowest BCUT2D eigenvalue weighted by molar-refractivity contribution is 0.463. The molecule has 1 heterocycles. The lowest BCUT2D eigenvalue weighted by Gasteiger charge is -2.26. The van der Waals surface area contributed by atoms with Crippen molar-refractivity contribution >= 4 is 21.4 Å². The first-order valence-corrected chi connectivity index (χ1v) is 11.8. The molecule has 2 aromatic rings. The molecule has 0 spiro atoms. The van der Waals surface area contributed by atoms with E-state index < -0.39 is 15.6 Å². The average molecular weight is 417 g/mol. The quantitative estimate of drug-likeness (QED) is 0.618. The van der Waals surface area contributed by atoms with Gasteiger partial charge in [-0.2, -0.15) is 0 Å². The molecule has 1 aliphatic carbocycles. The van der Waals surface area contributed by atoms with Gasteiger partial charge in [0.25, 0.3) is 0 Å². The van der Waals surface area contributed by atoms with Crippen LogP contribution in [0.25, 0.3) is 0 Å². The molecule has 1 aliphatic rings. The minimum absolute atomic E-state index is 0.263. The van der Waals surface area contributed by atoms with Crippen LogP contribution in [0.3, 0.4) is 0 Å². The van der Waals surface area contributed by atoms with Crippen molar-refractivity contribution in [2.45, 2.75) is 75.9 Å². The zero-order valence-corrected chi connectivity index (χ0v) is 18.3. The molecular formula is C22H32N4O2S. The summed E-state index contributed by atoms with van der Waals surface area (Å²) in [5.41, 5.74) is 2.29. The first-order chi connectivity index (χ1) is 13.7. The van der Waals surface area contributed by atoms with Crippen LogP contribution in [0.4, 0.5) is 11.4 Å². The number of anilines is 2. The van der Waals surface area contributed by atoms with Crippen LogP contribution in [-0.2, 0) is 16.6 Å². The van der Waals surface area contributed by atoms with Crippen molar-refractivity contribution in [3.05, 3.63) is 48.3 Å². The Labute approximate surface area is 174 Å².